The monoisotopic (exact) mass is 190 g/mol. The Kier molecular flexibility index (Phi) is 3.71. The van der Waals surface area contributed by atoms with Gasteiger partial charge in [0, 0.05) is 5.92 Å². The fourth-order valence-electron chi connectivity index (χ4n) is 1.41. The van der Waals surface area contributed by atoms with E-state index in [1.54, 1.807) is 0 Å². The van der Waals surface area contributed by atoms with E-state index in [9.17, 15) is 4.39 Å². The van der Waals surface area contributed by atoms with E-state index in [0.717, 1.165) is 5.56 Å². The van der Waals surface area contributed by atoms with Gasteiger partial charge in [-0.05, 0) is 30.5 Å². The van der Waals surface area contributed by atoms with Crippen LogP contribution >= 0.6 is 0 Å². The van der Waals surface area contributed by atoms with Crippen molar-refractivity contribution in [2.45, 2.75) is 26.7 Å². The van der Waals surface area contributed by atoms with Crippen molar-refractivity contribution in [1.82, 2.24) is 0 Å². The second-order valence-electron chi connectivity index (χ2n) is 3.52. The minimum Gasteiger partial charge on any atom is -0.207 e. The maximum absolute atomic E-state index is 12.7. The van der Waals surface area contributed by atoms with Gasteiger partial charge in [-0.3, -0.25) is 0 Å². The zero-order valence-electron chi connectivity index (χ0n) is 8.84. The summed E-state index contributed by atoms with van der Waals surface area (Å²) < 4.78 is 12.7. The molecule has 1 rings (SSSR count). The highest BCUT2D eigenvalue weighted by Crippen LogP contribution is 2.23. The molecule has 0 aliphatic carbocycles. The van der Waals surface area contributed by atoms with Crippen molar-refractivity contribution in [2.24, 2.45) is 5.92 Å². The second-order valence-corrected chi connectivity index (χ2v) is 3.52. The zero-order valence-corrected chi connectivity index (χ0v) is 8.84. The smallest absolute Gasteiger partial charge is 0.123 e. The average Bonchev–Trinajstić information content (AvgIpc) is 2.18. The standard InChI is InChI=1S/C13H15F/c1-4-5-10(2)11(3)12-6-8-13(14)9-7-12/h6-11H,1-3H3. The van der Waals surface area contributed by atoms with Crippen LogP contribution < -0.4 is 0 Å². The third-order valence-electron chi connectivity index (χ3n) is 2.52. The third kappa shape index (κ3) is 2.60. The second kappa shape index (κ2) is 4.81. The first-order valence-corrected chi connectivity index (χ1v) is 4.83. The Morgan fingerprint density at radius 1 is 1.14 bits per heavy atom. The zero-order chi connectivity index (χ0) is 10.6. The first-order chi connectivity index (χ1) is 6.65. The average molecular weight is 190 g/mol. The first-order valence-electron chi connectivity index (χ1n) is 4.83. The van der Waals surface area contributed by atoms with Gasteiger partial charge in [0.1, 0.15) is 5.82 Å². The van der Waals surface area contributed by atoms with Crippen LogP contribution in [0.2, 0.25) is 0 Å². The highest BCUT2D eigenvalue weighted by molar-refractivity contribution is 5.22. The molecule has 0 aliphatic rings. The molecule has 0 amide bonds. The van der Waals surface area contributed by atoms with Crippen molar-refractivity contribution < 1.29 is 4.39 Å². The SMILES string of the molecule is CC#CC(C)C(C)c1ccc(F)cc1. The van der Waals surface area contributed by atoms with Gasteiger partial charge in [0.2, 0.25) is 0 Å². The molecule has 0 aliphatic heterocycles. The predicted molar refractivity (Wildman–Crippen MR) is 57.4 cm³/mol. The maximum atomic E-state index is 12.7. The Labute approximate surface area is 85.2 Å². The topological polar surface area (TPSA) is 0 Å². The summed E-state index contributed by atoms with van der Waals surface area (Å²) in [5, 5.41) is 0. The summed E-state index contributed by atoms with van der Waals surface area (Å²) >= 11 is 0. The van der Waals surface area contributed by atoms with Crippen LogP contribution in [0.3, 0.4) is 0 Å². The van der Waals surface area contributed by atoms with Crippen LogP contribution in [0.5, 0.6) is 0 Å². The lowest BCUT2D eigenvalue weighted by Crippen LogP contribution is -2.03. The van der Waals surface area contributed by atoms with Crippen LogP contribution in [0.1, 0.15) is 32.3 Å². The van der Waals surface area contributed by atoms with Gasteiger partial charge in [-0.1, -0.05) is 31.9 Å². The Morgan fingerprint density at radius 3 is 2.21 bits per heavy atom. The summed E-state index contributed by atoms with van der Waals surface area (Å²) in [6.07, 6.45) is 0. The lowest BCUT2D eigenvalue weighted by atomic mass is 9.89. The number of halogens is 1. The molecule has 1 heteroatoms. The lowest BCUT2D eigenvalue weighted by molar-refractivity contribution is 0.600. The van der Waals surface area contributed by atoms with E-state index < -0.39 is 0 Å². The van der Waals surface area contributed by atoms with Gasteiger partial charge >= 0.3 is 0 Å². The van der Waals surface area contributed by atoms with E-state index >= 15 is 0 Å². The van der Waals surface area contributed by atoms with Crippen molar-refractivity contribution in [2.75, 3.05) is 0 Å². The van der Waals surface area contributed by atoms with E-state index in [1.807, 2.05) is 19.1 Å². The van der Waals surface area contributed by atoms with Crippen molar-refractivity contribution in [3.8, 4) is 11.8 Å². The third-order valence-corrected chi connectivity index (χ3v) is 2.52. The fraction of sp³-hybridized carbons (Fsp3) is 0.385. The normalized spacial score (nSPS) is 14.0. The molecule has 0 radical (unpaired) electrons. The number of rotatable bonds is 2. The molecule has 1 aromatic rings. The Hall–Kier alpha value is -1.29. The highest BCUT2D eigenvalue weighted by atomic mass is 19.1. The molecule has 0 fully saturated rings. The highest BCUT2D eigenvalue weighted by Gasteiger charge is 2.11. The van der Waals surface area contributed by atoms with Crippen LogP contribution in [0.4, 0.5) is 4.39 Å². The Morgan fingerprint density at radius 2 is 1.71 bits per heavy atom. The molecule has 0 saturated heterocycles. The van der Waals surface area contributed by atoms with Crippen LogP contribution in [0, 0.1) is 23.6 Å². The van der Waals surface area contributed by atoms with Crippen LogP contribution in [0.25, 0.3) is 0 Å². The summed E-state index contributed by atoms with van der Waals surface area (Å²) in [5.41, 5.74) is 1.14. The first kappa shape index (κ1) is 10.8. The molecule has 0 heterocycles. The van der Waals surface area contributed by atoms with E-state index in [1.165, 1.54) is 12.1 Å². The largest absolute Gasteiger partial charge is 0.207 e. The van der Waals surface area contributed by atoms with Gasteiger partial charge in [-0.25, -0.2) is 4.39 Å². The van der Waals surface area contributed by atoms with Crippen LogP contribution in [-0.4, -0.2) is 0 Å². The van der Waals surface area contributed by atoms with Crippen molar-refractivity contribution in [3.05, 3.63) is 35.6 Å². The van der Waals surface area contributed by atoms with E-state index in [2.05, 4.69) is 25.7 Å². The summed E-state index contributed by atoms with van der Waals surface area (Å²) in [4.78, 5) is 0. The van der Waals surface area contributed by atoms with Crippen molar-refractivity contribution >= 4 is 0 Å². The summed E-state index contributed by atoms with van der Waals surface area (Å²) in [6.45, 7) is 6.04. The van der Waals surface area contributed by atoms with Crippen LogP contribution in [-0.2, 0) is 0 Å². The minimum atomic E-state index is -0.185. The molecule has 0 nitrogen and oxygen atoms in total. The summed E-state index contributed by atoms with van der Waals surface area (Å²) in [6, 6.07) is 6.65. The molecule has 0 bridgehead atoms. The van der Waals surface area contributed by atoms with E-state index in [0.29, 0.717) is 11.8 Å². The van der Waals surface area contributed by atoms with Gasteiger partial charge in [0.05, 0.1) is 0 Å². The molecule has 0 saturated carbocycles. The number of benzene rings is 1. The quantitative estimate of drug-likeness (QED) is 0.625. The maximum Gasteiger partial charge on any atom is 0.123 e. The van der Waals surface area contributed by atoms with Gasteiger partial charge in [0.25, 0.3) is 0 Å². The molecule has 0 aromatic heterocycles. The molecule has 2 atom stereocenters. The van der Waals surface area contributed by atoms with Crippen LogP contribution in [0.15, 0.2) is 24.3 Å². The molecular weight excluding hydrogens is 175 g/mol. The Balaban J connectivity index is 2.82. The number of hydrogen-bond acceptors (Lipinski definition) is 0. The molecule has 1 aromatic carbocycles. The molecular formula is C13H15F. The fourth-order valence-corrected chi connectivity index (χ4v) is 1.41. The van der Waals surface area contributed by atoms with E-state index in [4.69, 9.17) is 0 Å². The Bertz CT molecular complexity index is 340. The van der Waals surface area contributed by atoms with Gasteiger partial charge < -0.3 is 0 Å². The van der Waals surface area contributed by atoms with E-state index in [-0.39, 0.29) is 5.82 Å². The van der Waals surface area contributed by atoms with Crippen molar-refractivity contribution in [1.29, 1.82) is 0 Å². The minimum absolute atomic E-state index is 0.185. The van der Waals surface area contributed by atoms with Gasteiger partial charge in [0.15, 0.2) is 0 Å². The number of hydrogen-bond donors (Lipinski definition) is 0. The molecule has 74 valence electrons. The summed E-state index contributed by atoms with van der Waals surface area (Å²) in [5.74, 6) is 6.50. The lowest BCUT2D eigenvalue weighted by Gasteiger charge is -2.14. The van der Waals surface area contributed by atoms with Gasteiger partial charge in [-0.2, -0.15) is 0 Å². The van der Waals surface area contributed by atoms with Crippen molar-refractivity contribution in [3.63, 3.8) is 0 Å². The molecule has 0 spiro atoms. The predicted octanol–water partition coefficient (Wildman–Crippen LogP) is 3.59. The van der Waals surface area contributed by atoms with Gasteiger partial charge in [-0.15, -0.1) is 5.92 Å². The summed E-state index contributed by atoms with van der Waals surface area (Å²) in [7, 11) is 0. The molecule has 14 heavy (non-hydrogen) atoms. The molecule has 0 N–H and O–H groups in total. The molecule has 2 unspecified atom stereocenters.